The molecule has 0 spiro atoms. The molecule has 12 nitrogen and oxygen atoms in total. The number of pyridine rings is 2. The zero-order valence-electron chi connectivity index (χ0n) is 30.8. The summed E-state index contributed by atoms with van der Waals surface area (Å²) >= 11 is 0. The summed E-state index contributed by atoms with van der Waals surface area (Å²) in [5.74, 6) is -2.61. The fraction of sp³-hybridized carbons (Fsp3) is 0.366. The van der Waals surface area contributed by atoms with Gasteiger partial charge in [0.15, 0.2) is 11.6 Å². The number of carbonyl (C=O) groups is 4. The summed E-state index contributed by atoms with van der Waals surface area (Å²) in [6.45, 7) is 0.968. The van der Waals surface area contributed by atoms with Crippen molar-refractivity contribution < 1.29 is 36.7 Å². The van der Waals surface area contributed by atoms with Gasteiger partial charge in [0.2, 0.25) is 11.8 Å². The molecule has 57 heavy (non-hydrogen) atoms. The van der Waals surface area contributed by atoms with Gasteiger partial charge in [0.05, 0.1) is 22.2 Å². The van der Waals surface area contributed by atoms with Gasteiger partial charge < -0.3 is 9.80 Å². The van der Waals surface area contributed by atoms with Crippen LogP contribution in [0.2, 0.25) is 0 Å². The summed E-state index contributed by atoms with van der Waals surface area (Å²) < 4.78 is 60.8. The van der Waals surface area contributed by atoms with Gasteiger partial charge >= 0.3 is 6.55 Å². The van der Waals surface area contributed by atoms with Crippen LogP contribution in [-0.2, 0) is 9.59 Å². The predicted octanol–water partition coefficient (Wildman–Crippen LogP) is 5.71. The van der Waals surface area contributed by atoms with Crippen molar-refractivity contribution in [1.82, 2.24) is 29.7 Å². The lowest BCUT2D eigenvalue weighted by atomic mass is 9.89. The van der Waals surface area contributed by atoms with Crippen LogP contribution in [0.5, 0.6) is 0 Å². The molecule has 1 atom stereocenters. The molecule has 9 rings (SSSR count). The first-order valence-electron chi connectivity index (χ1n) is 19.1. The number of anilines is 2. The van der Waals surface area contributed by atoms with Crippen molar-refractivity contribution in [1.29, 1.82) is 0 Å². The highest BCUT2D eigenvalue weighted by Gasteiger charge is 2.45. The molecule has 4 aliphatic rings. The molecule has 3 fully saturated rings. The monoisotopic (exact) mass is 782 g/mol. The molecule has 4 amide bonds. The number of amides is 4. The highest BCUT2D eigenvalue weighted by Crippen LogP contribution is 2.37. The van der Waals surface area contributed by atoms with Gasteiger partial charge in [0.25, 0.3) is 11.8 Å². The molecule has 3 aromatic heterocycles. The Morgan fingerprint density at radius 1 is 0.807 bits per heavy atom. The van der Waals surface area contributed by atoms with Gasteiger partial charge in [-0.1, -0.05) is 12.1 Å². The number of carbonyl (C=O) groups excluding carboxylic acids is 4. The number of piperazine rings is 1. The second-order valence-electron chi connectivity index (χ2n) is 15.2. The number of imide groups is 2. The quantitative estimate of drug-likeness (QED) is 0.156. The molecule has 0 radical (unpaired) electrons. The molecule has 294 valence electrons. The normalized spacial score (nSPS) is 20.3. The van der Waals surface area contributed by atoms with E-state index < -0.39 is 47.7 Å². The van der Waals surface area contributed by atoms with Crippen LogP contribution in [0.25, 0.3) is 32.9 Å². The number of rotatable bonds is 8. The molecule has 4 aliphatic heterocycles. The molecule has 3 saturated heterocycles. The molecule has 0 aliphatic carbocycles. The Morgan fingerprint density at radius 2 is 1.58 bits per heavy atom. The smallest absolute Gasteiger partial charge is 0.319 e. The molecule has 1 N–H and O–H groups in total. The molecule has 2 aromatic carbocycles. The first-order valence-corrected chi connectivity index (χ1v) is 19.1. The van der Waals surface area contributed by atoms with Crippen molar-refractivity contribution >= 4 is 56.9 Å². The molecular formula is C41H38F4N8O4. The third-order valence-corrected chi connectivity index (χ3v) is 12.0. The van der Waals surface area contributed by atoms with Gasteiger partial charge in [-0.3, -0.25) is 43.8 Å². The van der Waals surface area contributed by atoms with E-state index in [1.54, 1.807) is 53.6 Å². The third-order valence-electron chi connectivity index (χ3n) is 12.0. The summed E-state index contributed by atoms with van der Waals surface area (Å²) in [4.78, 5) is 65.9. The molecule has 0 saturated carbocycles. The predicted molar refractivity (Wildman–Crippen MR) is 203 cm³/mol. The van der Waals surface area contributed by atoms with Crippen molar-refractivity contribution in [2.45, 2.75) is 50.4 Å². The van der Waals surface area contributed by atoms with Gasteiger partial charge in [-0.25, -0.2) is 13.8 Å². The first-order chi connectivity index (χ1) is 27.5. The largest absolute Gasteiger partial charge is 0.369 e. The first kappa shape index (κ1) is 36.7. The SMILES string of the molecule is O=C1CCC(N2C(=O)c3ccc(N4CCN(CCC5(F)CCN(c6ncc(-c7ccc8c9cnccc9n(C(F)F)c8c7)cc6F)CC5)CC4)cc3C2=O)C(=O)N1. The minimum atomic E-state index is -2.78. The molecular weight excluding hydrogens is 744 g/mol. The van der Waals surface area contributed by atoms with E-state index in [9.17, 15) is 28.0 Å². The summed E-state index contributed by atoms with van der Waals surface area (Å²) in [5.41, 5.74) is 1.47. The van der Waals surface area contributed by atoms with Crippen LogP contribution < -0.4 is 15.1 Å². The Hall–Kier alpha value is -5.90. The van der Waals surface area contributed by atoms with Gasteiger partial charge in [0, 0.05) is 92.8 Å². The molecule has 5 aromatic rings. The highest BCUT2D eigenvalue weighted by molar-refractivity contribution is 6.23. The summed E-state index contributed by atoms with van der Waals surface area (Å²) in [5, 5.41) is 3.43. The maximum absolute atomic E-state index is 16.1. The Kier molecular flexibility index (Phi) is 9.17. The second kappa shape index (κ2) is 14.2. The van der Waals surface area contributed by atoms with E-state index in [0.29, 0.717) is 85.2 Å². The number of hydrogen-bond acceptors (Lipinski definition) is 9. The van der Waals surface area contributed by atoms with Crippen LogP contribution in [0, 0.1) is 5.82 Å². The minimum Gasteiger partial charge on any atom is -0.369 e. The third kappa shape index (κ3) is 6.54. The van der Waals surface area contributed by atoms with Crippen LogP contribution >= 0.6 is 0 Å². The van der Waals surface area contributed by atoms with Gasteiger partial charge in [0.1, 0.15) is 11.7 Å². The van der Waals surface area contributed by atoms with Crippen molar-refractivity contribution in [2.24, 2.45) is 0 Å². The van der Waals surface area contributed by atoms with Gasteiger partial charge in [-0.05, 0) is 67.6 Å². The van der Waals surface area contributed by atoms with Crippen molar-refractivity contribution in [3.05, 3.63) is 84.1 Å². The summed E-state index contributed by atoms with van der Waals surface area (Å²) in [6.07, 6.45) is 5.45. The number of nitrogens with one attached hydrogen (secondary N) is 1. The van der Waals surface area contributed by atoms with E-state index in [-0.39, 0.29) is 42.6 Å². The second-order valence-corrected chi connectivity index (χ2v) is 15.2. The van der Waals surface area contributed by atoms with E-state index in [0.717, 1.165) is 15.2 Å². The lowest BCUT2D eigenvalue weighted by Gasteiger charge is -2.40. The lowest BCUT2D eigenvalue weighted by molar-refractivity contribution is -0.136. The van der Waals surface area contributed by atoms with Crippen molar-refractivity contribution in [3.63, 3.8) is 0 Å². The van der Waals surface area contributed by atoms with Gasteiger partial charge in [-0.2, -0.15) is 8.78 Å². The molecule has 16 heteroatoms. The van der Waals surface area contributed by atoms with Crippen molar-refractivity contribution in [3.8, 4) is 11.1 Å². The Bertz CT molecular complexity index is 2460. The van der Waals surface area contributed by atoms with E-state index in [1.165, 1.54) is 18.5 Å². The van der Waals surface area contributed by atoms with Crippen LogP contribution in [0.1, 0.15) is 59.4 Å². The summed E-state index contributed by atoms with van der Waals surface area (Å²) in [6, 6.07) is 12.0. The zero-order chi connectivity index (χ0) is 39.6. The Balaban J connectivity index is 0.786. The standard InChI is InChI=1S/C41H38F4N8O4/c42-31-19-25(24-1-3-27-30-23-46-11-7-32(30)52(40(43)44)34(27)20-24)22-47-36(31)51-13-9-41(45,10-14-51)8-12-49-15-17-50(18-16-49)26-2-4-28-29(21-26)39(57)53(38(28)56)33-5-6-35(54)48-37(33)55/h1-4,7,11,19-23,33,40H,5-6,8-10,12-18H2,(H,48,54,55). The zero-order valence-corrected chi connectivity index (χ0v) is 30.8. The highest BCUT2D eigenvalue weighted by atomic mass is 19.3. The number of piperidine rings is 2. The van der Waals surface area contributed by atoms with Crippen LogP contribution in [0.4, 0.5) is 29.1 Å². The average Bonchev–Trinajstić information content (AvgIpc) is 3.67. The Labute approximate surface area is 324 Å². The molecule has 1 unspecified atom stereocenters. The number of fused-ring (bicyclic) bond motifs is 4. The number of nitrogens with zero attached hydrogens (tertiary/aromatic N) is 7. The number of hydrogen-bond donors (Lipinski definition) is 1. The molecule has 0 bridgehead atoms. The van der Waals surface area contributed by atoms with E-state index in [1.807, 2.05) is 0 Å². The van der Waals surface area contributed by atoms with E-state index in [4.69, 9.17) is 0 Å². The number of halogens is 4. The fourth-order valence-corrected chi connectivity index (χ4v) is 8.72. The minimum absolute atomic E-state index is 0.0520. The van der Waals surface area contributed by atoms with E-state index >= 15 is 8.78 Å². The lowest BCUT2D eigenvalue weighted by Crippen LogP contribution is -2.54. The van der Waals surface area contributed by atoms with Gasteiger partial charge in [-0.15, -0.1) is 0 Å². The molecule has 7 heterocycles. The number of alkyl halides is 3. The van der Waals surface area contributed by atoms with Crippen molar-refractivity contribution in [2.75, 3.05) is 55.6 Å². The average molecular weight is 783 g/mol. The summed E-state index contributed by atoms with van der Waals surface area (Å²) in [7, 11) is 0. The Morgan fingerprint density at radius 3 is 2.32 bits per heavy atom. The number of benzene rings is 2. The van der Waals surface area contributed by atoms with E-state index in [2.05, 4.69) is 25.1 Å². The number of aromatic nitrogens is 3. The fourth-order valence-electron chi connectivity index (χ4n) is 8.72. The maximum Gasteiger partial charge on any atom is 0.319 e. The van der Waals surface area contributed by atoms with Crippen LogP contribution in [0.15, 0.2) is 67.1 Å². The topological polar surface area (TPSA) is 124 Å². The van der Waals surface area contributed by atoms with Crippen LogP contribution in [0.3, 0.4) is 0 Å². The van der Waals surface area contributed by atoms with Crippen LogP contribution in [-0.4, -0.2) is 105 Å². The maximum atomic E-state index is 16.1.